The van der Waals surface area contributed by atoms with Gasteiger partial charge < -0.3 is 10.8 Å². The van der Waals surface area contributed by atoms with E-state index in [-0.39, 0.29) is 18.4 Å². The van der Waals surface area contributed by atoms with E-state index in [1.165, 1.54) is 0 Å². The van der Waals surface area contributed by atoms with Gasteiger partial charge in [-0.25, -0.2) is 8.42 Å². The van der Waals surface area contributed by atoms with Crippen LogP contribution in [-0.2, 0) is 9.84 Å². The van der Waals surface area contributed by atoms with Crippen LogP contribution in [0.5, 0.6) is 0 Å². The van der Waals surface area contributed by atoms with Crippen LogP contribution >= 0.6 is 0 Å². The van der Waals surface area contributed by atoms with Crippen LogP contribution in [0.15, 0.2) is 0 Å². The first-order valence-electron chi connectivity index (χ1n) is 4.61. The summed E-state index contributed by atoms with van der Waals surface area (Å²) >= 11 is 0. The zero-order valence-electron chi connectivity index (χ0n) is 7.81. The molecule has 0 amide bonds. The minimum absolute atomic E-state index is 0.0542. The highest BCUT2D eigenvalue weighted by Gasteiger charge is 2.39. The SMILES string of the molecule is CCS(=O)(=O)C(CO)C(N)C1CC1. The molecule has 4 nitrogen and oxygen atoms in total. The summed E-state index contributed by atoms with van der Waals surface area (Å²) in [5.74, 6) is 0.358. The Labute approximate surface area is 79.0 Å². The smallest absolute Gasteiger partial charge is 0.156 e. The zero-order chi connectivity index (χ0) is 10.1. The number of nitrogens with two attached hydrogens (primary N) is 1. The van der Waals surface area contributed by atoms with Gasteiger partial charge in [-0.05, 0) is 18.8 Å². The molecular weight excluding hydrogens is 190 g/mol. The Balaban J connectivity index is 2.71. The molecule has 0 aliphatic heterocycles. The Bertz CT molecular complexity index is 259. The van der Waals surface area contributed by atoms with Crippen LogP contribution in [0.2, 0.25) is 0 Å². The second kappa shape index (κ2) is 3.94. The van der Waals surface area contributed by atoms with Gasteiger partial charge >= 0.3 is 0 Å². The standard InChI is InChI=1S/C8H17NO3S/c1-2-13(11,12)7(5-10)8(9)6-3-4-6/h6-8,10H,2-5,9H2,1H3. The summed E-state index contributed by atoms with van der Waals surface area (Å²) in [7, 11) is -3.19. The van der Waals surface area contributed by atoms with Crippen molar-refractivity contribution >= 4 is 9.84 Å². The molecule has 1 fully saturated rings. The molecule has 78 valence electrons. The molecule has 1 rings (SSSR count). The van der Waals surface area contributed by atoms with Crippen molar-refractivity contribution in [2.45, 2.75) is 31.1 Å². The molecule has 1 aliphatic carbocycles. The maximum Gasteiger partial charge on any atom is 0.156 e. The minimum atomic E-state index is -3.19. The van der Waals surface area contributed by atoms with Gasteiger partial charge in [0.05, 0.1) is 11.9 Å². The van der Waals surface area contributed by atoms with Crippen LogP contribution < -0.4 is 5.73 Å². The average Bonchev–Trinajstić information content (AvgIpc) is 2.87. The number of aliphatic hydroxyl groups is 1. The highest BCUT2D eigenvalue weighted by Crippen LogP contribution is 2.34. The normalized spacial score (nSPS) is 22.7. The summed E-state index contributed by atoms with van der Waals surface area (Å²) < 4.78 is 22.9. The highest BCUT2D eigenvalue weighted by atomic mass is 32.2. The lowest BCUT2D eigenvalue weighted by Gasteiger charge is -2.20. The van der Waals surface area contributed by atoms with E-state index in [1.807, 2.05) is 0 Å². The van der Waals surface area contributed by atoms with E-state index in [4.69, 9.17) is 10.8 Å². The molecule has 2 atom stereocenters. The first-order valence-corrected chi connectivity index (χ1v) is 6.32. The molecule has 0 heterocycles. The largest absolute Gasteiger partial charge is 0.395 e. The molecule has 0 radical (unpaired) electrons. The molecule has 0 saturated heterocycles. The monoisotopic (exact) mass is 207 g/mol. The van der Waals surface area contributed by atoms with Crippen LogP contribution in [0.1, 0.15) is 19.8 Å². The van der Waals surface area contributed by atoms with Crippen molar-refractivity contribution < 1.29 is 13.5 Å². The van der Waals surface area contributed by atoms with Crippen LogP contribution in [0, 0.1) is 5.92 Å². The molecule has 0 spiro atoms. The predicted molar refractivity (Wildman–Crippen MR) is 51.0 cm³/mol. The van der Waals surface area contributed by atoms with Gasteiger partial charge in [-0.1, -0.05) is 6.92 Å². The molecule has 5 heteroatoms. The van der Waals surface area contributed by atoms with E-state index in [0.29, 0.717) is 5.92 Å². The molecule has 3 N–H and O–H groups in total. The third-order valence-electron chi connectivity index (χ3n) is 2.64. The van der Waals surface area contributed by atoms with Crippen LogP contribution in [0.4, 0.5) is 0 Å². The van der Waals surface area contributed by atoms with Gasteiger partial charge in [-0.15, -0.1) is 0 Å². The lowest BCUT2D eigenvalue weighted by Crippen LogP contribution is -2.45. The molecule has 0 bridgehead atoms. The Morgan fingerprint density at radius 3 is 2.38 bits per heavy atom. The molecule has 1 aliphatic rings. The van der Waals surface area contributed by atoms with Gasteiger partial charge in [-0.3, -0.25) is 0 Å². The van der Waals surface area contributed by atoms with Gasteiger partial charge in [0.25, 0.3) is 0 Å². The topological polar surface area (TPSA) is 80.4 Å². The van der Waals surface area contributed by atoms with Crippen LogP contribution in [0.3, 0.4) is 0 Å². The summed E-state index contributed by atoms with van der Waals surface area (Å²) in [5.41, 5.74) is 5.76. The lowest BCUT2D eigenvalue weighted by molar-refractivity contribution is 0.271. The summed E-state index contributed by atoms with van der Waals surface area (Å²) in [5, 5.41) is 8.22. The van der Waals surface area contributed by atoms with Crippen molar-refractivity contribution in [1.29, 1.82) is 0 Å². The number of hydrogen-bond donors (Lipinski definition) is 2. The first-order chi connectivity index (χ1) is 6.03. The van der Waals surface area contributed by atoms with Crippen molar-refractivity contribution in [2.75, 3.05) is 12.4 Å². The third kappa shape index (κ3) is 2.42. The fraction of sp³-hybridized carbons (Fsp3) is 1.00. The van der Waals surface area contributed by atoms with Gasteiger partial charge in [0.15, 0.2) is 9.84 Å². The summed E-state index contributed by atoms with van der Waals surface area (Å²) in [6, 6.07) is -0.380. The van der Waals surface area contributed by atoms with Gasteiger partial charge in [0.1, 0.15) is 0 Å². The van der Waals surface area contributed by atoms with E-state index in [1.54, 1.807) is 6.92 Å². The quantitative estimate of drug-likeness (QED) is 0.638. The van der Waals surface area contributed by atoms with Crippen molar-refractivity contribution in [3.8, 4) is 0 Å². The number of rotatable bonds is 5. The number of sulfone groups is 1. The summed E-state index contributed by atoms with van der Waals surface area (Å²) in [6.45, 7) is 1.23. The maximum absolute atomic E-state index is 11.5. The third-order valence-corrected chi connectivity index (χ3v) is 4.83. The predicted octanol–water partition coefficient (Wildman–Crippen LogP) is -0.481. The van der Waals surface area contributed by atoms with Gasteiger partial charge in [-0.2, -0.15) is 0 Å². The van der Waals surface area contributed by atoms with E-state index in [2.05, 4.69) is 0 Å². The molecule has 0 aromatic carbocycles. The average molecular weight is 207 g/mol. The Kier molecular flexibility index (Phi) is 3.32. The highest BCUT2D eigenvalue weighted by molar-refractivity contribution is 7.92. The lowest BCUT2D eigenvalue weighted by atomic mass is 10.1. The summed E-state index contributed by atoms with van der Waals surface area (Å²) in [4.78, 5) is 0. The number of aliphatic hydroxyl groups excluding tert-OH is 1. The molecule has 13 heavy (non-hydrogen) atoms. The van der Waals surface area contributed by atoms with Crippen LogP contribution in [0.25, 0.3) is 0 Å². The van der Waals surface area contributed by atoms with Crippen LogP contribution in [-0.4, -0.2) is 37.2 Å². The summed E-state index contributed by atoms with van der Waals surface area (Å²) in [6.07, 6.45) is 1.99. The van der Waals surface area contributed by atoms with E-state index in [0.717, 1.165) is 12.8 Å². The zero-order valence-corrected chi connectivity index (χ0v) is 8.63. The fourth-order valence-electron chi connectivity index (χ4n) is 1.47. The first kappa shape index (κ1) is 10.9. The Hall–Kier alpha value is -0.130. The molecule has 0 aromatic heterocycles. The maximum atomic E-state index is 11.5. The molecule has 0 aromatic rings. The molecule has 1 saturated carbocycles. The fourth-order valence-corrected chi connectivity index (χ4v) is 2.83. The second-order valence-corrected chi connectivity index (χ2v) is 6.10. The second-order valence-electron chi connectivity index (χ2n) is 3.59. The molecule has 2 unspecified atom stereocenters. The van der Waals surface area contributed by atoms with Crippen molar-refractivity contribution in [3.63, 3.8) is 0 Å². The van der Waals surface area contributed by atoms with Gasteiger partial charge in [0, 0.05) is 11.8 Å². The van der Waals surface area contributed by atoms with Gasteiger partial charge in [0.2, 0.25) is 0 Å². The van der Waals surface area contributed by atoms with E-state index < -0.39 is 15.1 Å². The van der Waals surface area contributed by atoms with E-state index in [9.17, 15) is 8.42 Å². The molecular formula is C8H17NO3S. The van der Waals surface area contributed by atoms with E-state index >= 15 is 0 Å². The van der Waals surface area contributed by atoms with Crippen molar-refractivity contribution in [1.82, 2.24) is 0 Å². The van der Waals surface area contributed by atoms with Crippen molar-refractivity contribution in [2.24, 2.45) is 11.7 Å². The minimum Gasteiger partial charge on any atom is -0.395 e. The number of hydrogen-bond acceptors (Lipinski definition) is 4. The Morgan fingerprint density at radius 1 is 1.54 bits per heavy atom. The van der Waals surface area contributed by atoms with Crippen molar-refractivity contribution in [3.05, 3.63) is 0 Å². The Morgan fingerprint density at radius 2 is 2.08 bits per heavy atom.